The summed E-state index contributed by atoms with van der Waals surface area (Å²) < 4.78 is 35.6. The van der Waals surface area contributed by atoms with Gasteiger partial charge in [-0.15, -0.1) is 5.10 Å². The topological polar surface area (TPSA) is 206 Å². The van der Waals surface area contributed by atoms with E-state index in [0.29, 0.717) is 42.9 Å². The minimum absolute atomic E-state index is 0.0561. The molecule has 5 amide bonds. The Kier molecular flexibility index (Phi) is 10.9. The number of amides is 5. The summed E-state index contributed by atoms with van der Waals surface area (Å²) in [5.41, 5.74) is -1.87. The SMILES string of the molecule is CCn1nc(O[C@@H]2C[C@H]3C(=O)N[C@]4(C(=O)NS(=O)(=O)C5CC5)C[C@H]4C=CCC[C@H](C)C[C@@H](C)[C@H](NC(=O)C(=O)N(C)C)C(=O)N3C2)c2ccccc2c1=O. The van der Waals surface area contributed by atoms with Crippen molar-refractivity contribution in [3.8, 4) is 5.88 Å². The van der Waals surface area contributed by atoms with Crippen LogP contribution in [-0.2, 0) is 40.5 Å². The number of rotatable bonds is 7. The zero-order chi connectivity index (χ0) is 39.1. The number of ether oxygens (including phenoxy) is 1. The number of benzene rings is 1. The van der Waals surface area contributed by atoms with E-state index in [4.69, 9.17) is 4.74 Å². The number of fused-ring (bicyclic) bond motifs is 3. The maximum absolute atomic E-state index is 14.7. The van der Waals surface area contributed by atoms with Gasteiger partial charge in [0.1, 0.15) is 23.7 Å². The second-order valence-corrected chi connectivity index (χ2v) is 17.3. The van der Waals surface area contributed by atoms with Gasteiger partial charge in [-0.2, -0.15) is 0 Å². The van der Waals surface area contributed by atoms with E-state index in [-0.39, 0.29) is 43.3 Å². The Hall–Kier alpha value is -4.80. The van der Waals surface area contributed by atoms with Crippen molar-refractivity contribution in [1.29, 1.82) is 0 Å². The van der Waals surface area contributed by atoms with Gasteiger partial charge in [-0.25, -0.2) is 13.1 Å². The van der Waals surface area contributed by atoms with Crippen molar-refractivity contribution >= 4 is 50.3 Å². The Balaban J connectivity index is 1.37. The molecule has 292 valence electrons. The maximum atomic E-state index is 14.7. The molecule has 3 heterocycles. The van der Waals surface area contributed by atoms with Crippen LogP contribution >= 0.6 is 0 Å². The number of nitrogens with one attached hydrogen (secondary N) is 3. The van der Waals surface area contributed by atoms with Gasteiger partial charge in [0.2, 0.25) is 27.7 Å². The van der Waals surface area contributed by atoms with Crippen LogP contribution in [0.2, 0.25) is 0 Å². The van der Waals surface area contributed by atoms with E-state index >= 15 is 0 Å². The fourth-order valence-electron chi connectivity index (χ4n) is 7.57. The number of carbonyl (C=O) groups is 5. The third-order valence-corrected chi connectivity index (χ3v) is 12.7. The maximum Gasteiger partial charge on any atom is 0.311 e. The number of nitrogens with zero attached hydrogens (tertiary/aromatic N) is 4. The van der Waals surface area contributed by atoms with Crippen LogP contribution < -0.4 is 25.7 Å². The fraction of sp³-hybridized carbons (Fsp3) is 0.595. The number of aromatic nitrogens is 2. The van der Waals surface area contributed by atoms with Gasteiger partial charge in [0.25, 0.3) is 11.5 Å². The zero-order valence-corrected chi connectivity index (χ0v) is 32.1. The number of allylic oxidation sites excluding steroid dienone is 1. The highest BCUT2D eigenvalue weighted by molar-refractivity contribution is 7.91. The van der Waals surface area contributed by atoms with E-state index in [9.17, 15) is 37.2 Å². The second kappa shape index (κ2) is 15.1. The van der Waals surface area contributed by atoms with Gasteiger partial charge in [-0.05, 0) is 69.4 Å². The molecule has 0 radical (unpaired) electrons. The molecule has 0 unspecified atom stereocenters. The first kappa shape index (κ1) is 38.9. The lowest BCUT2D eigenvalue weighted by atomic mass is 9.87. The van der Waals surface area contributed by atoms with Crippen molar-refractivity contribution in [2.75, 3.05) is 20.6 Å². The molecule has 0 spiro atoms. The van der Waals surface area contributed by atoms with E-state index in [0.717, 1.165) is 4.90 Å². The summed E-state index contributed by atoms with van der Waals surface area (Å²) >= 11 is 0. The normalized spacial score (nSPS) is 28.9. The molecule has 17 heteroatoms. The molecule has 1 aromatic heterocycles. The highest BCUT2D eigenvalue weighted by atomic mass is 32.2. The standard InChI is InChI=1S/C37H49N7O9S/c1-6-44-33(47)27-14-10-9-13-26(27)32(40-44)53-24-18-28-30(45)39-37(36(50)41-54(51,52)25-15-16-25)19-23(37)12-8-7-11-21(2)17-22(3)29(34(48)43(28)20-24)38-31(46)35(49)42(4)5/h8-10,12-14,21-25,28-29H,6-7,11,15-20H2,1-5H3,(H,38,46)(H,39,45)(H,41,50)/t21-,22+,23+,24+,28-,29-,37+/m0/s1. The molecule has 2 aliphatic carbocycles. The predicted octanol–water partition coefficient (Wildman–Crippen LogP) is 0.833. The number of hydrogen-bond donors (Lipinski definition) is 3. The van der Waals surface area contributed by atoms with Crippen molar-refractivity contribution in [2.24, 2.45) is 17.8 Å². The van der Waals surface area contributed by atoms with Crippen LogP contribution in [0.1, 0.15) is 65.7 Å². The van der Waals surface area contributed by atoms with Crippen LogP contribution in [0.4, 0.5) is 0 Å². The van der Waals surface area contributed by atoms with Crippen molar-refractivity contribution < 1.29 is 37.1 Å². The summed E-state index contributed by atoms with van der Waals surface area (Å²) in [5, 5.41) is 10.1. The highest BCUT2D eigenvalue weighted by Crippen LogP contribution is 2.46. The van der Waals surface area contributed by atoms with Gasteiger partial charge >= 0.3 is 11.8 Å². The molecule has 54 heavy (non-hydrogen) atoms. The second-order valence-electron chi connectivity index (χ2n) is 15.4. The Bertz CT molecular complexity index is 2050. The molecular formula is C37H49N7O9S. The van der Waals surface area contributed by atoms with Crippen LogP contribution in [0.15, 0.2) is 41.2 Å². The lowest BCUT2D eigenvalue weighted by Crippen LogP contribution is -2.59. The molecule has 1 aromatic carbocycles. The third-order valence-electron chi connectivity index (χ3n) is 10.9. The van der Waals surface area contributed by atoms with Crippen LogP contribution in [0, 0.1) is 17.8 Å². The van der Waals surface area contributed by atoms with Crippen LogP contribution in [0.25, 0.3) is 10.8 Å². The Morgan fingerprint density at radius 3 is 2.43 bits per heavy atom. The van der Waals surface area contributed by atoms with Gasteiger partial charge in [0, 0.05) is 33.0 Å². The summed E-state index contributed by atoms with van der Waals surface area (Å²) in [6, 6.07) is 4.39. The molecule has 6 rings (SSSR count). The first-order chi connectivity index (χ1) is 25.6. The predicted molar refractivity (Wildman–Crippen MR) is 197 cm³/mol. The first-order valence-corrected chi connectivity index (χ1v) is 20.1. The third kappa shape index (κ3) is 7.86. The van der Waals surface area contributed by atoms with Crippen LogP contribution in [-0.4, -0.2) is 107 Å². The van der Waals surface area contributed by atoms with Crippen molar-refractivity contribution in [2.45, 2.75) is 101 Å². The Labute approximate surface area is 314 Å². The van der Waals surface area contributed by atoms with Gasteiger partial charge < -0.3 is 25.2 Å². The smallest absolute Gasteiger partial charge is 0.311 e. The first-order valence-electron chi connectivity index (χ1n) is 18.6. The van der Waals surface area contributed by atoms with E-state index in [1.54, 1.807) is 31.2 Å². The van der Waals surface area contributed by atoms with Gasteiger partial charge in [0.05, 0.1) is 22.6 Å². The molecule has 3 fully saturated rings. The number of sulfonamides is 1. The molecule has 1 saturated heterocycles. The van der Waals surface area contributed by atoms with E-state index in [1.807, 2.05) is 26.0 Å². The molecule has 2 aliphatic heterocycles. The number of hydrogen-bond acceptors (Lipinski definition) is 10. The highest BCUT2D eigenvalue weighted by Gasteiger charge is 2.62. The number of aryl methyl sites for hydroxylation is 1. The quantitative estimate of drug-likeness (QED) is 0.267. The zero-order valence-electron chi connectivity index (χ0n) is 31.2. The molecule has 16 nitrogen and oxygen atoms in total. The van der Waals surface area contributed by atoms with Crippen molar-refractivity contribution in [3.63, 3.8) is 0 Å². The average molecular weight is 768 g/mol. The van der Waals surface area contributed by atoms with E-state index < -0.39 is 80.4 Å². The number of carbonyl (C=O) groups excluding carboxylic acids is 5. The lowest BCUT2D eigenvalue weighted by molar-refractivity contribution is -0.148. The Morgan fingerprint density at radius 2 is 1.76 bits per heavy atom. The molecule has 7 atom stereocenters. The Morgan fingerprint density at radius 1 is 1.06 bits per heavy atom. The van der Waals surface area contributed by atoms with Gasteiger partial charge in [-0.3, -0.25) is 33.5 Å². The average Bonchev–Trinajstić information content (AvgIpc) is 4.06. The molecule has 3 N–H and O–H groups in total. The minimum Gasteiger partial charge on any atom is -0.471 e. The van der Waals surface area contributed by atoms with Crippen molar-refractivity contribution in [1.82, 2.24) is 34.9 Å². The summed E-state index contributed by atoms with van der Waals surface area (Å²) in [5.74, 6) is -4.71. The number of likely N-dealkylation sites (N-methyl/N-ethyl adjacent to an activating group) is 1. The summed E-state index contributed by atoms with van der Waals surface area (Å²) in [7, 11) is -1.08. The van der Waals surface area contributed by atoms with E-state index in [2.05, 4.69) is 20.5 Å². The lowest BCUT2D eigenvalue weighted by Gasteiger charge is -2.33. The van der Waals surface area contributed by atoms with Crippen molar-refractivity contribution in [3.05, 3.63) is 46.8 Å². The van der Waals surface area contributed by atoms with E-state index in [1.165, 1.54) is 23.7 Å². The molecular weight excluding hydrogens is 719 g/mol. The molecule has 2 aromatic rings. The van der Waals surface area contributed by atoms with Gasteiger partial charge in [-0.1, -0.05) is 38.1 Å². The summed E-state index contributed by atoms with van der Waals surface area (Å²) in [6.07, 6.45) is 5.76. The summed E-state index contributed by atoms with van der Waals surface area (Å²) in [6.45, 7) is 5.73. The molecule has 4 aliphatic rings. The van der Waals surface area contributed by atoms with Crippen LogP contribution in [0.3, 0.4) is 0 Å². The molecule has 2 saturated carbocycles. The monoisotopic (exact) mass is 767 g/mol. The fourth-order valence-corrected chi connectivity index (χ4v) is 8.93. The minimum atomic E-state index is -3.93. The summed E-state index contributed by atoms with van der Waals surface area (Å²) in [4.78, 5) is 84.1. The molecule has 0 bridgehead atoms. The van der Waals surface area contributed by atoms with Gasteiger partial charge in [0.15, 0.2) is 0 Å². The van der Waals surface area contributed by atoms with Crippen LogP contribution in [0.5, 0.6) is 5.88 Å². The largest absolute Gasteiger partial charge is 0.471 e.